The van der Waals surface area contributed by atoms with Gasteiger partial charge in [-0.1, -0.05) is 51.5 Å². The normalized spacial score (nSPS) is 17.8. The van der Waals surface area contributed by atoms with E-state index in [2.05, 4.69) is 13.0 Å². The minimum Gasteiger partial charge on any atom is -0.366 e. The largest absolute Gasteiger partial charge is 0.366 e. The number of amides is 1. The van der Waals surface area contributed by atoms with Crippen LogP contribution < -0.4 is 5.73 Å². The van der Waals surface area contributed by atoms with Crippen LogP contribution in [0.25, 0.3) is 0 Å². The first kappa shape index (κ1) is 15.1. The number of unbranched alkanes of at least 4 members (excludes halogenated alkanes) is 4. The average molecular weight is 273 g/mol. The lowest BCUT2D eigenvalue weighted by Crippen LogP contribution is -2.17. The molecule has 0 spiro atoms. The standard InChI is InChI=1S/C18H27NO/c1-2-3-4-5-6-7-14-8-9-16-13-17(18(19)20)11-10-15(16)12-14/h10-11,13-14H,2-9,12H2,1H3,(H2,19,20). The monoisotopic (exact) mass is 273 g/mol. The molecule has 1 amide bonds. The van der Waals surface area contributed by atoms with Crippen molar-refractivity contribution in [3.05, 3.63) is 34.9 Å². The number of primary amides is 1. The third-order valence-electron chi connectivity index (χ3n) is 4.54. The molecule has 1 aromatic rings. The van der Waals surface area contributed by atoms with Crippen molar-refractivity contribution < 1.29 is 4.79 Å². The minimum atomic E-state index is -0.314. The Morgan fingerprint density at radius 1 is 1.20 bits per heavy atom. The first-order valence-corrected chi connectivity index (χ1v) is 8.12. The van der Waals surface area contributed by atoms with Crippen molar-refractivity contribution in [2.45, 2.75) is 64.7 Å². The number of fused-ring (bicyclic) bond motifs is 1. The number of carbonyl (C=O) groups excluding carboxylic acids is 1. The number of carbonyl (C=O) groups is 1. The summed E-state index contributed by atoms with van der Waals surface area (Å²) in [4.78, 5) is 11.2. The molecule has 1 aliphatic rings. The van der Waals surface area contributed by atoms with Gasteiger partial charge in [0.15, 0.2) is 0 Å². The Hall–Kier alpha value is -1.31. The molecule has 1 aromatic carbocycles. The van der Waals surface area contributed by atoms with Crippen LogP contribution in [0.2, 0.25) is 0 Å². The summed E-state index contributed by atoms with van der Waals surface area (Å²) in [6, 6.07) is 5.98. The van der Waals surface area contributed by atoms with Crippen LogP contribution >= 0.6 is 0 Å². The predicted octanol–water partition coefficient (Wildman–Crippen LogP) is 4.25. The highest BCUT2D eigenvalue weighted by atomic mass is 16.1. The van der Waals surface area contributed by atoms with Gasteiger partial charge in [-0.25, -0.2) is 0 Å². The van der Waals surface area contributed by atoms with Gasteiger partial charge in [0, 0.05) is 5.56 Å². The Morgan fingerprint density at radius 2 is 2.00 bits per heavy atom. The van der Waals surface area contributed by atoms with Gasteiger partial charge < -0.3 is 5.73 Å². The summed E-state index contributed by atoms with van der Waals surface area (Å²) in [7, 11) is 0. The summed E-state index contributed by atoms with van der Waals surface area (Å²) in [6.45, 7) is 2.26. The van der Waals surface area contributed by atoms with E-state index >= 15 is 0 Å². The molecule has 0 heterocycles. The van der Waals surface area contributed by atoms with E-state index < -0.39 is 0 Å². The van der Waals surface area contributed by atoms with Crippen LogP contribution in [0.4, 0.5) is 0 Å². The maximum atomic E-state index is 11.2. The molecule has 0 fully saturated rings. The smallest absolute Gasteiger partial charge is 0.248 e. The van der Waals surface area contributed by atoms with Crippen molar-refractivity contribution in [1.82, 2.24) is 0 Å². The quantitative estimate of drug-likeness (QED) is 0.741. The van der Waals surface area contributed by atoms with Gasteiger partial charge in [0.25, 0.3) is 0 Å². The molecule has 0 aromatic heterocycles. The molecule has 110 valence electrons. The fourth-order valence-corrected chi connectivity index (χ4v) is 3.27. The van der Waals surface area contributed by atoms with Gasteiger partial charge in [-0.05, 0) is 48.4 Å². The third kappa shape index (κ3) is 4.09. The van der Waals surface area contributed by atoms with Crippen LogP contribution in [0.3, 0.4) is 0 Å². The van der Waals surface area contributed by atoms with E-state index in [0.717, 1.165) is 12.3 Å². The first-order valence-electron chi connectivity index (χ1n) is 8.12. The maximum Gasteiger partial charge on any atom is 0.248 e. The topological polar surface area (TPSA) is 43.1 Å². The van der Waals surface area contributed by atoms with Crippen LogP contribution in [0.15, 0.2) is 18.2 Å². The number of aryl methyl sites for hydroxylation is 1. The van der Waals surface area contributed by atoms with Crippen LogP contribution in [-0.4, -0.2) is 5.91 Å². The van der Waals surface area contributed by atoms with E-state index in [1.807, 2.05) is 12.1 Å². The van der Waals surface area contributed by atoms with Gasteiger partial charge >= 0.3 is 0 Å². The summed E-state index contributed by atoms with van der Waals surface area (Å²) >= 11 is 0. The molecule has 0 saturated carbocycles. The SMILES string of the molecule is CCCCCCCC1CCc2cc(C(N)=O)ccc2C1. The Morgan fingerprint density at radius 3 is 2.75 bits per heavy atom. The zero-order valence-corrected chi connectivity index (χ0v) is 12.7. The number of rotatable bonds is 7. The second-order valence-electron chi connectivity index (χ2n) is 6.16. The molecular weight excluding hydrogens is 246 g/mol. The highest BCUT2D eigenvalue weighted by molar-refractivity contribution is 5.93. The van der Waals surface area contributed by atoms with E-state index in [1.54, 1.807) is 0 Å². The minimum absolute atomic E-state index is 0.314. The Kier molecular flexibility index (Phi) is 5.63. The summed E-state index contributed by atoms with van der Waals surface area (Å²) in [6.07, 6.45) is 11.8. The summed E-state index contributed by atoms with van der Waals surface area (Å²) < 4.78 is 0. The molecule has 2 heteroatoms. The zero-order chi connectivity index (χ0) is 14.4. The van der Waals surface area contributed by atoms with E-state index in [4.69, 9.17) is 5.73 Å². The molecule has 1 aliphatic carbocycles. The third-order valence-corrected chi connectivity index (χ3v) is 4.54. The van der Waals surface area contributed by atoms with Crippen molar-refractivity contribution in [3.63, 3.8) is 0 Å². The molecule has 20 heavy (non-hydrogen) atoms. The number of hydrogen-bond acceptors (Lipinski definition) is 1. The fraction of sp³-hybridized carbons (Fsp3) is 0.611. The summed E-state index contributed by atoms with van der Waals surface area (Å²) in [5, 5.41) is 0. The fourth-order valence-electron chi connectivity index (χ4n) is 3.27. The molecule has 2 N–H and O–H groups in total. The number of nitrogens with two attached hydrogens (primary N) is 1. The Labute approximate surface area is 122 Å². The van der Waals surface area contributed by atoms with Crippen LogP contribution in [0, 0.1) is 5.92 Å². The van der Waals surface area contributed by atoms with Gasteiger partial charge in [-0.2, -0.15) is 0 Å². The van der Waals surface area contributed by atoms with E-state index in [1.165, 1.54) is 62.5 Å². The summed E-state index contributed by atoms with van der Waals surface area (Å²) in [5.41, 5.74) is 8.76. The summed E-state index contributed by atoms with van der Waals surface area (Å²) in [5.74, 6) is 0.523. The van der Waals surface area contributed by atoms with Crippen LogP contribution in [0.5, 0.6) is 0 Å². The molecular formula is C18H27NO. The molecule has 1 unspecified atom stereocenters. The van der Waals surface area contributed by atoms with Gasteiger partial charge in [0.2, 0.25) is 5.91 Å². The van der Waals surface area contributed by atoms with Crippen molar-refractivity contribution >= 4 is 5.91 Å². The maximum absolute atomic E-state index is 11.2. The van der Waals surface area contributed by atoms with Gasteiger partial charge in [-0.15, -0.1) is 0 Å². The molecule has 0 aliphatic heterocycles. The van der Waals surface area contributed by atoms with Crippen LogP contribution in [0.1, 0.15) is 73.4 Å². The number of hydrogen-bond donors (Lipinski definition) is 1. The zero-order valence-electron chi connectivity index (χ0n) is 12.7. The van der Waals surface area contributed by atoms with Crippen molar-refractivity contribution in [3.8, 4) is 0 Å². The van der Waals surface area contributed by atoms with E-state index in [0.29, 0.717) is 5.56 Å². The van der Waals surface area contributed by atoms with Crippen molar-refractivity contribution in [1.29, 1.82) is 0 Å². The van der Waals surface area contributed by atoms with E-state index in [9.17, 15) is 4.79 Å². The molecule has 2 rings (SSSR count). The first-order chi connectivity index (χ1) is 9.70. The lowest BCUT2D eigenvalue weighted by atomic mass is 9.80. The van der Waals surface area contributed by atoms with Gasteiger partial charge in [-0.3, -0.25) is 4.79 Å². The highest BCUT2D eigenvalue weighted by Crippen LogP contribution is 2.29. The van der Waals surface area contributed by atoms with Crippen molar-refractivity contribution in [2.24, 2.45) is 11.7 Å². The molecule has 1 atom stereocenters. The predicted molar refractivity (Wildman–Crippen MR) is 83.9 cm³/mol. The average Bonchev–Trinajstić information content (AvgIpc) is 2.46. The molecule has 0 bridgehead atoms. The molecule has 2 nitrogen and oxygen atoms in total. The Bertz CT molecular complexity index is 453. The second kappa shape index (κ2) is 7.47. The highest BCUT2D eigenvalue weighted by Gasteiger charge is 2.19. The lowest BCUT2D eigenvalue weighted by molar-refractivity contribution is 0.1000. The van der Waals surface area contributed by atoms with Gasteiger partial charge in [0.05, 0.1) is 0 Å². The van der Waals surface area contributed by atoms with Crippen molar-refractivity contribution in [2.75, 3.05) is 0 Å². The second-order valence-corrected chi connectivity index (χ2v) is 6.16. The lowest BCUT2D eigenvalue weighted by Gasteiger charge is -2.25. The number of benzene rings is 1. The Balaban J connectivity index is 1.83. The van der Waals surface area contributed by atoms with Gasteiger partial charge in [0.1, 0.15) is 0 Å². The molecule has 0 saturated heterocycles. The van der Waals surface area contributed by atoms with E-state index in [-0.39, 0.29) is 5.91 Å². The molecule has 0 radical (unpaired) electrons. The van der Waals surface area contributed by atoms with Crippen LogP contribution in [-0.2, 0) is 12.8 Å².